The number of hydrogen-bond donors (Lipinski definition) is 3. The Morgan fingerprint density at radius 2 is 1.89 bits per heavy atom. The van der Waals surface area contributed by atoms with E-state index in [-0.39, 0.29) is 18.6 Å². The molecule has 2 saturated carbocycles. The van der Waals surface area contributed by atoms with Gasteiger partial charge in [-0.1, -0.05) is 18.2 Å². The number of fused-ring (bicyclic) bond motifs is 2. The number of hydrogen-bond acceptors (Lipinski definition) is 6. The van der Waals surface area contributed by atoms with E-state index in [1.165, 1.54) is 18.4 Å². The number of aromatic amines is 1. The largest absolute Gasteiger partial charge is 0.491 e. The lowest BCUT2D eigenvalue weighted by atomic mass is 9.84. The molecule has 2 aromatic carbocycles. The molecule has 0 unspecified atom stereocenters. The highest BCUT2D eigenvalue weighted by Gasteiger charge is 2.31. The Bertz CT molecular complexity index is 1910. The molecule has 9 nitrogen and oxygen atoms in total. The van der Waals surface area contributed by atoms with E-state index in [9.17, 15) is 15.0 Å². The van der Waals surface area contributed by atoms with Crippen LogP contribution in [-0.2, 0) is 6.61 Å². The van der Waals surface area contributed by atoms with Crippen molar-refractivity contribution < 1.29 is 19.7 Å². The minimum Gasteiger partial charge on any atom is -0.491 e. The van der Waals surface area contributed by atoms with Crippen molar-refractivity contribution in [3.8, 4) is 28.1 Å². The Labute approximate surface area is 261 Å². The summed E-state index contributed by atoms with van der Waals surface area (Å²) in [5.41, 5.74) is 6.92. The summed E-state index contributed by atoms with van der Waals surface area (Å²) in [4.78, 5) is 23.7. The topological polar surface area (TPSA) is 116 Å². The van der Waals surface area contributed by atoms with Gasteiger partial charge in [0.05, 0.1) is 47.9 Å². The molecule has 0 spiro atoms. The van der Waals surface area contributed by atoms with Gasteiger partial charge in [0.2, 0.25) is 0 Å². The van der Waals surface area contributed by atoms with Crippen LogP contribution >= 0.6 is 0 Å². The van der Waals surface area contributed by atoms with Gasteiger partial charge in [0.15, 0.2) is 0 Å². The zero-order valence-electron chi connectivity index (χ0n) is 25.4. The molecule has 0 saturated heterocycles. The average molecular weight is 604 g/mol. The van der Waals surface area contributed by atoms with E-state index in [0.717, 1.165) is 59.1 Å². The van der Waals surface area contributed by atoms with Crippen molar-refractivity contribution in [2.24, 2.45) is 0 Å². The number of rotatable bonds is 6. The quantitative estimate of drug-likeness (QED) is 0.208. The molecule has 1 aliphatic heterocycles. The van der Waals surface area contributed by atoms with E-state index in [4.69, 9.17) is 4.74 Å². The number of amides is 1. The molecule has 3 aromatic heterocycles. The molecule has 1 amide bonds. The first-order valence-corrected chi connectivity index (χ1v) is 15.9. The van der Waals surface area contributed by atoms with Crippen LogP contribution in [0.2, 0.25) is 0 Å². The van der Waals surface area contributed by atoms with Gasteiger partial charge in [-0.25, -0.2) is 4.98 Å². The summed E-state index contributed by atoms with van der Waals surface area (Å²) in [5, 5.41) is 26.7. The van der Waals surface area contributed by atoms with Gasteiger partial charge in [-0.3, -0.25) is 9.48 Å². The summed E-state index contributed by atoms with van der Waals surface area (Å²) >= 11 is 0. The molecule has 5 aromatic rings. The molecule has 0 radical (unpaired) electrons. The fourth-order valence-corrected chi connectivity index (χ4v) is 7.06. The van der Waals surface area contributed by atoms with Crippen LogP contribution in [-0.4, -0.2) is 54.6 Å². The first-order valence-electron chi connectivity index (χ1n) is 15.9. The summed E-state index contributed by atoms with van der Waals surface area (Å²) in [5.74, 6) is 1.09. The van der Waals surface area contributed by atoms with Crippen molar-refractivity contribution in [3.63, 3.8) is 0 Å². The summed E-state index contributed by atoms with van der Waals surface area (Å²) in [6.45, 7) is 2.43. The number of benzene rings is 2. The number of carbonyl (C=O) groups excluding carboxylic acids is 1. The Hall–Kier alpha value is -4.47. The number of aliphatic hydroxyl groups is 2. The van der Waals surface area contributed by atoms with Crippen molar-refractivity contribution in [2.75, 3.05) is 18.1 Å². The van der Waals surface area contributed by atoms with Gasteiger partial charge >= 0.3 is 0 Å². The van der Waals surface area contributed by atoms with Crippen molar-refractivity contribution in [3.05, 3.63) is 83.8 Å². The van der Waals surface area contributed by atoms with E-state index >= 15 is 0 Å². The summed E-state index contributed by atoms with van der Waals surface area (Å²) in [7, 11) is 0. The minimum absolute atomic E-state index is 0.126. The van der Waals surface area contributed by atoms with Crippen LogP contribution in [0.15, 0.2) is 67.1 Å². The monoisotopic (exact) mass is 603 g/mol. The van der Waals surface area contributed by atoms with Crippen LogP contribution in [0.25, 0.3) is 33.4 Å². The maximum Gasteiger partial charge on any atom is 0.262 e. The Morgan fingerprint density at radius 1 is 1.04 bits per heavy atom. The highest BCUT2D eigenvalue weighted by molar-refractivity contribution is 6.09. The molecule has 2 fully saturated rings. The van der Waals surface area contributed by atoms with Crippen LogP contribution in [0.3, 0.4) is 0 Å². The highest BCUT2D eigenvalue weighted by atomic mass is 16.5. The lowest BCUT2D eigenvalue weighted by Crippen LogP contribution is -2.33. The number of nitrogens with one attached hydrogen (secondary N) is 1. The molecule has 4 heterocycles. The lowest BCUT2D eigenvalue weighted by molar-refractivity contribution is 0.00851. The predicted octanol–water partition coefficient (Wildman–Crippen LogP) is 6.37. The standard InChI is InChI=1S/C36H37N5O4/c1-36(44)12-9-25(10-13-36)41-20-24(19-38-41)31-18-29-27(11-14-37-34(29)39-31)26-3-2-4-32(30(26)21-42)40-15-16-45-33-17-23(22-5-6-22)7-8-28(33)35(40)43/h2-4,7-8,11,14,17-20,22,25,42,44H,5-6,9-10,12-13,15-16,21H2,1H3,(H,37,39). The molecule has 2 aliphatic carbocycles. The maximum atomic E-state index is 13.9. The van der Waals surface area contributed by atoms with Crippen molar-refractivity contribution in [1.82, 2.24) is 19.7 Å². The van der Waals surface area contributed by atoms with Crippen molar-refractivity contribution in [1.29, 1.82) is 0 Å². The van der Waals surface area contributed by atoms with Crippen LogP contribution in [0.5, 0.6) is 5.75 Å². The van der Waals surface area contributed by atoms with E-state index in [2.05, 4.69) is 27.3 Å². The highest BCUT2D eigenvalue weighted by Crippen LogP contribution is 2.43. The number of carbonyl (C=O) groups is 1. The second-order valence-electron chi connectivity index (χ2n) is 13.0. The fourth-order valence-electron chi connectivity index (χ4n) is 7.06. The number of nitrogens with zero attached hydrogens (tertiary/aromatic N) is 4. The average Bonchev–Trinajstić information content (AvgIpc) is 3.66. The zero-order valence-corrected chi connectivity index (χ0v) is 25.4. The van der Waals surface area contributed by atoms with Gasteiger partial charge in [-0.15, -0.1) is 0 Å². The molecular formula is C36H37N5O4. The number of anilines is 1. The van der Waals surface area contributed by atoms with Crippen molar-refractivity contribution >= 4 is 22.6 Å². The molecule has 230 valence electrons. The third-order valence-electron chi connectivity index (χ3n) is 9.84. The maximum absolute atomic E-state index is 13.9. The third kappa shape index (κ3) is 5.10. The summed E-state index contributed by atoms with van der Waals surface area (Å²) < 4.78 is 8.09. The third-order valence-corrected chi connectivity index (χ3v) is 9.84. The lowest BCUT2D eigenvalue weighted by Gasteiger charge is -2.33. The Balaban J connectivity index is 1.13. The predicted molar refractivity (Wildman–Crippen MR) is 172 cm³/mol. The number of pyridine rings is 1. The Morgan fingerprint density at radius 3 is 2.69 bits per heavy atom. The van der Waals surface area contributed by atoms with Crippen molar-refractivity contribution in [2.45, 2.75) is 69.6 Å². The van der Waals surface area contributed by atoms with Gasteiger partial charge in [0, 0.05) is 28.9 Å². The van der Waals surface area contributed by atoms with Gasteiger partial charge in [0.1, 0.15) is 18.0 Å². The number of aliphatic hydroxyl groups excluding tert-OH is 1. The molecule has 8 rings (SSSR count). The second kappa shape index (κ2) is 10.9. The van der Waals surface area contributed by atoms with Crippen LogP contribution < -0.4 is 9.64 Å². The molecule has 0 bridgehead atoms. The molecule has 3 aliphatic rings. The number of H-pyrrole nitrogens is 1. The van der Waals surface area contributed by atoms with E-state index in [0.29, 0.717) is 41.6 Å². The number of aromatic nitrogens is 4. The molecule has 45 heavy (non-hydrogen) atoms. The van der Waals surface area contributed by atoms with E-state index < -0.39 is 5.60 Å². The smallest absolute Gasteiger partial charge is 0.262 e. The van der Waals surface area contributed by atoms with Gasteiger partial charge in [-0.2, -0.15) is 5.10 Å². The normalized spacial score (nSPS) is 21.9. The Kier molecular flexibility index (Phi) is 6.76. The molecular weight excluding hydrogens is 566 g/mol. The molecule has 9 heteroatoms. The van der Waals surface area contributed by atoms with Crippen LogP contribution in [0.4, 0.5) is 5.69 Å². The SMILES string of the molecule is CC1(O)CCC(n2cc(-c3cc4c(-c5cccc(N6CCOc7cc(C8CC8)ccc7C6=O)c5CO)ccnc4[nH]3)cn2)CC1. The summed E-state index contributed by atoms with van der Waals surface area (Å²) in [6.07, 6.45) is 11.4. The first-order chi connectivity index (χ1) is 21.9. The van der Waals surface area contributed by atoms with Crippen LogP contribution in [0.1, 0.15) is 78.9 Å². The molecule has 0 atom stereocenters. The van der Waals surface area contributed by atoms with Crippen LogP contribution in [0, 0.1) is 0 Å². The second-order valence-corrected chi connectivity index (χ2v) is 13.0. The summed E-state index contributed by atoms with van der Waals surface area (Å²) in [6, 6.07) is 16.1. The molecule has 3 N–H and O–H groups in total. The number of ether oxygens (including phenoxy) is 1. The van der Waals surface area contributed by atoms with Gasteiger partial charge in [0.25, 0.3) is 5.91 Å². The van der Waals surface area contributed by atoms with E-state index in [1.54, 1.807) is 11.1 Å². The van der Waals surface area contributed by atoms with Gasteiger partial charge < -0.3 is 24.8 Å². The fraction of sp³-hybridized carbons (Fsp3) is 0.361. The van der Waals surface area contributed by atoms with Gasteiger partial charge in [-0.05, 0) is 98.4 Å². The zero-order chi connectivity index (χ0) is 30.7. The minimum atomic E-state index is -0.588. The first kappa shape index (κ1) is 28.0. The van der Waals surface area contributed by atoms with E-state index in [1.807, 2.05) is 60.3 Å².